The number of anilines is 1. The second-order valence-electron chi connectivity index (χ2n) is 4.40. The summed E-state index contributed by atoms with van der Waals surface area (Å²) in [5.41, 5.74) is 0. The van der Waals surface area contributed by atoms with Crippen molar-refractivity contribution in [3.8, 4) is 0 Å². The normalized spacial score (nSPS) is 19.4. The van der Waals surface area contributed by atoms with Crippen molar-refractivity contribution >= 4 is 38.3 Å². The first kappa shape index (κ1) is 16.0. The second-order valence-corrected chi connectivity index (χ2v) is 8.56. The third-order valence-electron chi connectivity index (χ3n) is 2.60. The molecule has 2 heterocycles. The molecule has 1 aliphatic heterocycles. The molecule has 0 spiro atoms. The Morgan fingerprint density at radius 3 is 3.05 bits per heavy atom. The smallest absolute Gasteiger partial charge is 0.208 e. The van der Waals surface area contributed by atoms with Crippen molar-refractivity contribution in [2.75, 3.05) is 37.0 Å². The average molecular weight is 338 g/mol. The molecule has 7 nitrogen and oxygen atoms in total. The maximum atomic E-state index is 10.9. The molecular weight excluding hydrogens is 320 g/mol. The van der Waals surface area contributed by atoms with Gasteiger partial charge in [0.25, 0.3) is 0 Å². The van der Waals surface area contributed by atoms with Crippen molar-refractivity contribution < 1.29 is 13.2 Å². The molecule has 0 aromatic carbocycles. The lowest BCUT2D eigenvalue weighted by Crippen LogP contribution is -2.24. The van der Waals surface area contributed by atoms with E-state index in [2.05, 4.69) is 20.2 Å². The van der Waals surface area contributed by atoms with Crippen molar-refractivity contribution in [1.82, 2.24) is 14.9 Å². The summed E-state index contributed by atoms with van der Waals surface area (Å²) in [7, 11) is -3.11. The molecule has 1 fully saturated rings. The number of sulfonamides is 1. The Kier molecular flexibility index (Phi) is 6.02. The second kappa shape index (κ2) is 7.55. The molecule has 0 saturated carbocycles. The van der Waals surface area contributed by atoms with Gasteiger partial charge >= 0.3 is 0 Å². The highest BCUT2D eigenvalue weighted by molar-refractivity contribution is 8.01. The maximum Gasteiger partial charge on any atom is 0.208 e. The fourth-order valence-electron chi connectivity index (χ4n) is 1.71. The number of ether oxygens (including phenoxy) is 1. The molecule has 1 saturated heterocycles. The standard InChI is InChI=1S/C10H18N4O3S3/c1-20(15,16)12-4-6-18-10-14-13-9(19-10)11-7-8-3-2-5-17-8/h8,12H,2-7H2,1H3,(H,11,13). The molecule has 1 aromatic rings. The van der Waals surface area contributed by atoms with E-state index in [1.54, 1.807) is 0 Å². The van der Waals surface area contributed by atoms with E-state index in [0.29, 0.717) is 12.3 Å². The topological polar surface area (TPSA) is 93.2 Å². The van der Waals surface area contributed by atoms with Crippen LogP contribution >= 0.6 is 23.1 Å². The molecular formula is C10H18N4O3S3. The van der Waals surface area contributed by atoms with Crippen LogP contribution in [0.3, 0.4) is 0 Å². The molecule has 1 aromatic heterocycles. The lowest BCUT2D eigenvalue weighted by Gasteiger charge is -2.08. The summed E-state index contributed by atoms with van der Waals surface area (Å²) in [6, 6.07) is 0. The van der Waals surface area contributed by atoms with E-state index in [0.717, 1.165) is 41.7 Å². The van der Waals surface area contributed by atoms with Gasteiger partial charge in [-0.2, -0.15) is 0 Å². The van der Waals surface area contributed by atoms with Crippen LogP contribution in [0.1, 0.15) is 12.8 Å². The minimum Gasteiger partial charge on any atom is -0.376 e. The Hall–Kier alpha value is -0.420. The zero-order valence-corrected chi connectivity index (χ0v) is 13.6. The number of nitrogens with zero attached hydrogens (tertiary/aromatic N) is 2. The fourth-order valence-corrected chi connectivity index (χ4v) is 4.00. The zero-order chi connectivity index (χ0) is 14.4. The van der Waals surface area contributed by atoms with Gasteiger partial charge in [-0.1, -0.05) is 23.1 Å². The van der Waals surface area contributed by atoms with E-state index < -0.39 is 10.0 Å². The molecule has 0 aliphatic carbocycles. The van der Waals surface area contributed by atoms with Crippen LogP contribution in [0.5, 0.6) is 0 Å². The van der Waals surface area contributed by atoms with Crippen LogP contribution in [0.2, 0.25) is 0 Å². The van der Waals surface area contributed by atoms with Crippen LogP contribution in [0, 0.1) is 0 Å². The average Bonchev–Trinajstić information content (AvgIpc) is 3.02. The first-order valence-corrected chi connectivity index (χ1v) is 9.99. The quantitative estimate of drug-likeness (QED) is 0.534. The summed E-state index contributed by atoms with van der Waals surface area (Å²) in [5.74, 6) is 0.632. The minimum absolute atomic E-state index is 0.272. The number of aromatic nitrogens is 2. The monoisotopic (exact) mass is 338 g/mol. The minimum atomic E-state index is -3.11. The number of thioether (sulfide) groups is 1. The predicted molar refractivity (Wildman–Crippen MR) is 80.9 cm³/mol. The third kappa shape index (κ3) is 5.92. The molecule has 2 N–H and O–H groups in total. The van der Waals surface area contributed by atoms with Crippen molar-refractivity contribution in [3.05, 3.63) is 0 Å². The van der Waals surface area contributed by atoms with E-state index in [1.165, 1.54) is 23.1 Å². The van der Waals surface area contributed by atoms with Gasteiger partial charge in [0.1, 0.15) is 0 Å². The van der Waals surface area contributed by atoms with Crippen molar-refractivity contribution in [3.63, 3.8) is 0 Å². The van der Waals surface area contributed by atoms with Gasteiger partial charge < -0.3 is 10.1 Å². The Bertz CT molecular complexity index is 514. The molecule has 10 heteroatoms. The third-order valence-corrected chi connectivity index (χ3v) is 5.35. The zero-order valence-electron chi connectivity index (χ0n) is 11.2. The van der Waals surface area contributed by atoms with Crippen LogP contribution < -0.4 is 10.0 Å². The van der Waals surface area contributed by atoms with Gasteiger partial charge in [-0.3, -0.25) is 0 Å². The molecule has 114 valence electrons. The van der Waals surface area contributed by atoms with E-state index in [4.69, 9.17) is 4.74 Å². The molecule has 0 radical (unpaired) electrons. The van der Waals surface area contributed by atoms with E-state index >= 15 is 0 Å². The highest BCUT2D eigenvalue weighted by Crippen LogP contribution is 2.25. The summed E-state index contributed by atoms with van der Waals surface area (Å²) in [5, 5.41) is 12.1. The summed E-state index contributed by atoms with van der Waals surface area (Å²) in [6.07, 6.45) is 3.63. The Balaban J connectivity index is 1.66. The highest BCUT2D eigenvalue weighted by atomic mass is 32.2. The molecule has 1 aliphatic rings. The maximum absolute atomic E-state index is 10.9. The Morgan fingerprint density at radius 1 is 1.50 bits per heavy atom. The van der Waals surface area contributed by atoms with Gasteiger partial charge in [0, 0.05) is 25.4 Å². The first-order valence-electron chi connectivity index (χ1n) is 6.29. The first-order chi connectivity index (χ1) is 9.53. The van der Waals surface area contributed by atoms with Crippen LogP contribution in [0.25, 0.3) is 0 Å². The summed E-state index contributed by atoms with van der Waals surface area (Å²) in [6.45, 7) is 1.99. The van der Waals surface area contributed by atoms with Gasteiger partial charge in [0.05, 0.1) is 12.4 Å². The number of hydrogen-bond acceptors (Lipinski definition) is 8. The summed E-state index contributed by atoms with van der Waals surface area (Å²) >= 11 is 2.96. The van der Waals surface area contributed by atoms with Gasteiger partial charge in [0.2, 0.25) is 15.2 Å². The van der Waals surface area contributed by atoms with Crippen molar-refractivity contribution in [2.45, 2.75) is 23.3 Å². The number of rotatable bonds is 8. The SMILES string of the molecule is CS(=O)(=O)NCCSc1nnc(NCC2CCCO2)s1. The predicted octanol–water partition coefficient (Wildman–Crippen LogP) is 0.770. The number of nitrogens with one attached hydrogen (secondary N) is 2. The Morgan fingerprint density at radius 2 is 2.35 bits per heavy atom. The lowest BCUT2D eigenvalue weighted by atomic mass is 10.2. The van der Waals surface area contributed by atoms with Crippen molar-refractivity contribution in [1.29, 1.82) is 0 Å². The molecule has 0 bridgehead atoms. The van der Waals surface area contributed by atoms with Gasteiger partial charge in [-0.05, 0) is 12.8 Å². The van der Waals surface area contributed by atoms with Gasteiger partial charge in [-0.25, -0.2) is 13.1 Å². The van der Waals surface area contributed by atoms with E-state index in [1.807, 2.05) is 0 Å². The van der Waals surface area contributed by atoms with Crippen molar-refractivity contribution in [2.24, 2.45) is 0 Å². The lowest BCUT2D eigenvalue weighted by molar-refractivity contribution is 0.120. The molecule has 0 amide bonds. The Labute approximate surface area is 126 Å². The summed E-state index contributed by atoms with van der Waals surface area (Å²) < 4.78 is 30.6. The van der Waals surface area contributed by atoms with Crippen LogP contribution in [-0.4, -0.2) is 56.4 Å². The fraction of sp³-hybridized carbons (Fsp3) is 0.800. The van der Waals surface area contributed by atoms with E-state index in [9.17, 15) is 8.42 Å². The molecule has 1 unspecified atom stereocenters. The van der Waals surface area contributed by atoms with Gasteiger partial charge in [0.15, 0.2) is 4.34 Å². The van der Waals surface area contributed by atoms with Gasteiger partial charge in [-0.15, -0.1) is 10.2 Å². The molecule has 2 rings (SSSR count). The molecule has 20 heavy (non-hydrogen) atoms. The largest absolute Gasteiger partial charge is 0.376 e. The number of hydrogen-bond donors (Lipinski definition) is 2. The van der Waals surface area contributed by atoms with Crippen LogP contribution in [-0.2, 0) is 14.8 Å². The van der Waals surface area contributed by atoms with Crippen LogP contribution in [0.15, 0.2) is 4.34 Å². The van der Waals surface area contributed by atoms with Crippen LogP contribution in [0.4, 0.5) is 5.13 Å². The summed E-state index contributed by atoms with van der Waals surface area (Å²) in [4.78, 5) is 0. The highest BCUT2D eigenvalue weighted by Gasteiger charge is 2.15. The van der Waals surface area contributed by atoms with E-state index in [-0.39, 0.29) is 6.10 Å². The molecule has 1 atom stereocenters.